The maximum Gasteiger partial charge on any atom is 0.213 e. The zero-order chi connectivity index (χ0) is 11.5. The van der Waals surface area contributed by atoms with Crippen LogP contribution in [-0.2, 0) is 10.0 Å². The lowest BCUT2D eigenvalue weighted by Gasteiger charge is -2.33. The van der Waals surface area contributed by atoms with Crippen molar-refractivity contribution in [3.8, 4) is 0 Å². The van der Waals surface area contributed by atoms with E-state index in [1.165, 1.54) is 0 Å². The van der Waals surface area contributed by atoms with Crippen molar-refractivity contribution in [2.75, 3.05) is 19.8 Å². The molecule has 0 aromatic carbocycles. The minimum Gasteiger partial charge on any atom is -0.317 e. The molecule has 90 valence electrons. The van der Waals surface area contributed by atoms with E-state index in [0.717, 1.165) is 25.7 Å². The van der Waals surface area contributed by atoms with Gasteiger partial charge in [0.15, 0.2) is 0 Å². The van der Waals surface area contributed by atoms with E-state index >= 15 is 0 Å². The lowest BCUT2D eigenvalue weighted by Crippen LogP contribution is -2.43. The second kappa shape index (κ2) is 5.27. The second-order valence-corrected chi connectivity index (χ2v) is 6.53. The van der Waals surface area contributed by atoms with E-state index in [-0.39, 0.29) is 11.8 Å². The van der Waals surface area contributed by atoms with Crippen molar-refractivity contribution in [3.63, 3.8) is 0 Å². The fraction of sp³-hybridized carbons (Fsp3) is 1.00. The van der Waals surface area contributed by atoms with Crippen LogP contribution in [0.25, 0.3) is 0 Å². The van der Waals surface area contributed by atoms with Gasteiger partial charge in [0, 0.05) is 19.1 Å². The number of nitrogens with zero attached hydrogens (tertiary/aromatic N) is 1. The van der Waals surface area contributed by atoms with E-state index in [1.807, 2.05) is 7.05 Å². The lowest BCUT2D eigenvalue weighted by atomic mass is 9.91. The van der Waals surface area contributed by atoms with Gasteiger partial charge in [0.05, 0.1) is 5.75 Å². The molecule has 0 aliphatic heterocycles. The first-order valence-electron chi connectivity index (χ1n) is 5.64. The van der Waals surface area contributed by atoms with Crippen LogP contribution in [0.5, 0.6) is 0 Å². The molecular formula is C10H22N2O2S. The third-order valence-electron chi connectivity index (χ3n) is 3.42. The summed E-state index contributed by atoms with van der Waals surface area (Å²) in [5.74, 6) is 0.204. The molecule has 0 atom stereocenters. The molecule has 0 unspecified atom stereocenters. The molecule has 0 aromatic rings. The van der Waals surface area contributed by atoms with Crippen LogP contribution in [0.3, 0.4) is 0 Å². The van der Waals surface area contributed by atoms with Crippen molar-refractivity contribution in [2.45, 2.75) is 44.7 Å². The molecule has 0 aromatic heterocycles. The molecule has 1 aliphatic carbocycles. The molecule has 0 heterocycles. The van der Waals surface area contributed by atoms with E-state index in [4.69, 9.17) is 0 Å². The molecule has 1 N–H and O–H groups in total. The Hall–Kier alpha value is -0.130. The van der Waals surface area contributed by atoms with Crippen molar-refractivity contribution in [3.05, 3.63) is 0 Å². The van der Waals surface area contributed by atoms with Gasteiger partial charge in [0.2, 0.25) is 10.0 Å². The molecule has 1 aliphatic rings. The summed E-state index contributed by atoms with van der Waals surface area (Å²) in [5, 5.41) is 3.25. The van der Waals surface area contributed by atoms with Gasteiger partial charge in [-0.15, -0.1) is 0 Å². The zero-order valence-electron chi connectivity index (χ0n) is 9.86. The molecule has 0 saturated heterocycles. The summed E-state index contributed by atoms with van der Waals surface area (Å²) < 4.78 is 24.9. The van der Waals surface area contributed by atoms with Crippen molar-refractivity contribution < 1.29 is 8.42 Å². The normalized spacial score (nSPS) is 28.3. The lowest BCUT2D eigenvalue weighted by molar-refractivity contribution is 0.255. The van der Waals surface area contributed by atoms with Gasteiger partial charge >= 0.3 is 0 Å². The van der Waals surface area contributed by atoms with Gasteiger partial charge in [-0.25, -0.2) is 12.7 Å². The molecular weight excluding hydrogens is 212 g/mol. The van der Waals surface area contributed by atoms with E-state index < -0.39 is 10.0 Å². The summed E-state index contributed by atoms with van der Waals surface area (Å²) in [4.78, 5) is 0. The number of hydrogen-bond acceptors (Lipinski definition) is 3. The molecule has 0 spiro atoms. The molecule has 0 radical (unpaired) electrons. The molecule has 1 fully saturated rings. The molecule has 5 heteroatoms. The minimum absolute atomic E-state index is 0.204. The smallest absolute Gasteiger partial charge is 0.213 e. The topological polar surface area (TPSA) is 49.4 Å². The molecule has 1 rings (SSSR count). The summed E-state index contributed by atoms with van der Waals surface area (Å²) in [6, 6.07) is 0.776. The Morgan fingerprint density at radius 1 is 1.27 bits per heavy atom. The number of hydrogen-bond donors (Lipinski definition) is 1. The van der Waals surface area contributed by atoms with Gasteiger partial charge in [0.25, 0.3) is 0 Å². The van der Waals surface area contributed by atoms with Gasteiger partial charge in [-0.3, -0.25) is 0 Å². The first-order valence-corrected chi connectivity index (χ1v) is 7.25. The van der Waals surface area contributed by atoms with E-state index in [9.17, 15) is 8.42 Å². The highest BCUT2D eigenvalue weighted by atomic mass is 32.2. The Kier molecular flexibility index (Phi) is 4.55. The van der Waals surface area contributed by atoms with Crippen molar-refractivity contribution in [2.24, 2.45) is 0 Å². The number of rotatable bonds is 4. The van der Waals surface area contributed by atoms with E-state index in [2.05, 4.69) is 5.32 Å². The monoisotopic (exact) mass is 234 g/mol. The minimum atomic E-state index is -3.01. The van der Waals surface area contributed by atoms with Gasteiger partial charge in [-0.2, -0.15) is 0 Å². The number of sulfonamides is 1. The summed E-state index contributed by atoms with van der Waals surface area (Å²) in [6.07, 6.45) is 4.10. The van der Waals surface area contributed by atoms with Crippen LogP contribution in [0, 0.1) is 0 Å². The SMILES string of the molecule is CCS(=O)(=O)N(C)C1CCC(NC)CC1. The Bertz CT molecular complexity index is 282. The average Bonchev–Trinajstić information content (AvgIpc) is 2.28. The third kappa shape index (κ3) is 3.16. The highest BCUT2D eigenvalue weighted by molar-refractivity contribution is 7.89. The van der Waals surface area contributed by atoms with Crippen LogP contribution in [0.15, 0.2) is 0 Å². The number of nitrogens with one attached hydrogen (secondary N) is 1. The van der Waals surface area contributed by atoms with Crippen LogP contribution in [-0.4, -0.2) is 44.7 Å². The van der Waals surface area contributed by atoms with Crippen LogP contribution < -0.4 is 5.32 Å². The van der Waals surface area contributed by atoms with Gasteiger partial charge < -0.3 is 5.32 Å². The second-order valence-electron chi connectivity index (χ2n) is 4.21. The van der Waals surface area contributed by atoms with Crippen molar-refractivity contribution in [1.82, 2.24) is 9.62 Å². The van der Waals surface area contributed by atoms with Crippen LogP contribution >= 0.6 is 0 Å². The molecule has 1 saturated carbocycles. The standard InChI is InChI=1S/C10H22N2O2S/c1-4-15(13,14)12(3)10-7-5-9(11-2)6-8-10/h9-11H,4-8H2,1-3H3. The first kappa shape index (κ1) is 12.9. The highest BCUT2D eigenvalue weighted by Gasteiger charge is 2.28. The molecule has 0 bridgehead atoms. The van der Waals surface area contributed by atoms with E-state index in [1.54, 1.807) is 18.3 Å². The Morgan fingerprint density at radius 2 is 1.80 bits per heavy atom. The Morgan fingerprint density at radius 3 is 2.20 bits per heavy atom. The molecule has 15 heavy (non-hydrogen) atoms. The van der Waals surface area contributed by atoms with Crippen LogP contribution in [0.4, 0.5) is 0 Å². The van der Waals surface area contributed by atoms with Crippen molar-refractivity contribution >= 4 is 10.0 Å². The fourth-order valence-corrected chi connectivity index (χ4v) is 3.23. The zero-order valence-corrected chi connectivity index (χ0v) is 10.7. The van der Waals surface area contributed by atoms with Crippen molar-refractivity contribution in [1.29, 1.82) is 0 Å². The largest absolute Gasteiger partial charge is 0.317 e. The van der Waals surface area contributed by atoms with E-state index in [0.29, 0.717) is 6.04 Å². The summed E-state index contributed by atoms with van der Waals surface area (Å²) >= 11 is 0. The highest BCUT2D eigenvalue weighted by Crippen LogP contribution is 2.23. The summed E-state index contributed by atoms with van der Waals surface area (Å²) in [6.45, 7) is 1.70. The summed E-state index contributed by atoms with van der Waals surface area (Å²) in [5.41, 5.74) is 0. The van der Waals surface area contributed by atoms with Gasteiger partial charge in [-0.1, -0.05) is 0 Å². The maximum absolute atomic E-state index is 11.7. The molecule has 4 nitrogen and oxygen atoms in total. The predicted octanol–water partition coefficient (Wildman–Crippen LogP) is 0.798. The van der Waals surface area contributed by atoms with Crippen LogP contribution in [0.2, 0.25) is 0 Å². The maximum atomic E-state index is 11.7. The fourth-order valence-electron chi connectivity index (χ4n) is 2.16. The first-order chi connectivity index (χ1) is 7.01. The third-order valence-corrected chi connectivity index (χ3v) is 5.33. The Labute approximate surface area is 93.1 Å². The predicted molar refractivity (Wildman–Crippen MR) is 62.3 cm³/mol. The molecule has 0 amide bonds. The van der Waals surface area contributed by atoms with Gasteiger partial charge in [0.1, 0.15) is 0 Å². The van der Waals surface area contributed by atoms with Gasteiger partial charge in [-0.05, 0) is 39.7 Å². The summed E-state index contributed by atoms with van der Waals surface area (Å²) in [7, 11) is 0.672. The Balaban J connectivity index is 2.53. The van der Waals surface area contributed by atoms with Crippen LogP contribution in [0.1, 0.15) is 32.6 Å². The average molecular weight is 234 g/mol. The quantitative estimate of drug-likeness (QED) is 0.783.